The molecule has 2 N–H and O–H groups in total. The molecule has 24 heavy (non-hydrogen) atoms. The molecule has 0 fully saturated rings. The number of aryl methyl sites for hydroxylation is 1. The van der Waals surface area contributed by atoms with E-state index in [1.165, 1.54) is 5.56 Å². The van der Waals surface area contributed by atoms with Gasteiger partial charge in [-0.25, -0.2) is 0 Å². The Kier molecular flexibility index (Phi) is 4.66. The van der Waals surface area contributed by atoms with E-state index >= 15 is 0 Å². The highest BCUT2D eigenvalue weighted by Gasteiger charge is 2.08. The Morgan fingerprint density at radius 3 is 2.50 bits per heavy atom. The number of ether oxygens (including phenoxy) is 1. The van der Waals surface area contributed by atoms with Gasteiger partial charge in [0.1, 0.15) is 11.5 Å². The van der Waals surface area contributed by atoms with Crippen molar-refractivity contribution in [1.82, 2.24) is 0 Å². The zero-order valence-electron chi connectivity index (χ0n) is 13.5. The zero-order chi connectivity index (χ0) is 16.9. The van der Waals surface area contributed by atoms with Gasteiger partial charge in [0.2, 0.25) is 5.91 Å². The summed E-state index contributed by atoms with van der Waals surface area (Å²) >= 11 is 0. The van der Waals surface area contributed by atoms with Crippen LogP contribution in [-0.2, 0) is 4.79 Å². The summed E-state index contributed by atoms with van der Waals surface area (Å²) in [5.41, 5.74) is 1.85. The number of carbonyl (C=O) groups excluding carboxylic acids is 1. The maximum Gasteiger partial charge on any atom is 0.227 e. The molecule has 0 unspecified atom stereocenters. The molecule has 0 saturated heterocycles. The van der Waals surface area contributed by atoms with E-state index in [4.69, 9.17) is 4.74 Å². The van der Waals surface area contributed by atoms with Crippen LogP contribution in [-0.4, -0.2) is 17.6 Å². The fraction of sp³-hybridized carbons (Fsp3) is 0.150. The Labute approximate surface area is 140 Å². The maximum atomic E-state index is 12.1. The largest absolute Gasteiger partial charge is 0.507 e. The van der Waals surface area contributed by atoms with Crippen molar-refractivity contribution in [3.05, 3.63) is 66.2 Å². The lowest BCUT2D eigenvalue weighted by atomic mass is 10.1. The van der Waals surface area contributed by atoms with Gasteiger partial charge in [-0.15, -0.1) is 0 Å². The van der Waals surface area contributed by atoms with Crippen molar-refractivity contribution in [2.45, 2.75) is 13.3 Å². The van der Waals surface area contributed by atoms with Gasteiger partial charge in [-0.1, -0.05) is 42.0 Å². The molecule has 0 heterocycles. The molecule has 0 bridgehead atoms. The number of anilines is 1. The van der Waals surface area contributed by atoms with Crippen LogP contribution in [0.25, 0.3) is 10.8 Å². The lowest BCUT2D eigenvalue weighted by Gasteiger charge is -2.10. The normalized spacial score (nSPS) is 10.5. The first-order valence-corrected chi connectivity index (χ1v) is 7.83. The third kappa shape index (κ3) is 3.66. The molecule has 0 saturated carbocycles. The van der Waals surface area contributed by atoms with Gasteiger partial charge in [-0.3, -0.25) is 4.79 Å². The summed E-state index contributed by atoms with van der Waals surface area (Å²) in [6.07, 6.45) is 0.253. The van der Waals surface area contributed by atoms with Crippen LogP contribution in [0.3, 0.4) is 0 Å². The lowest BCUT2D eigenvalue weighted by molar-refractivity contribution is -0.116. The highest BCUT2D eigenvalue weighted by atomic mass is 16.5. The van der Waals surface area contributed by atoms with Crippen LogP contribution in [0, 0.1) is 6.92 Å². The standard InChI is InChI=1S/C20H19NO3/c1-14-8-10-15(11-9-14)24-13-12-20(23)21-18-6-2-5-17-16(18)4-3-7-19(17)22/h2-11,22H,12-13H2,1H3,(H,21,23). The molecule has 0 aliphatic heterocycles. The van der Waals surface area contributed by atoms with Gasteiger partial charge in [-0.05, 0) is 31.2 Å². The van der Waals surface area contributed by atoms with Crippen LogP contribution in [0.4, 0.5) is 5.69 Å². The van der Waals surface area contributed by atoms with Crippen molar-refractivity contribution in [2.24, 2.45) is 0 Å². The highest BCUT2D eigenvalue weighted by molar-refractivity contribution is 6.03. The van der Waals surface area contributed by atoms with E-state index in [9.17, 15) is 9.90 Å². The number of amides is 1. The second-order valence-electron chi connectivity index (χ2n) is 5.64. The molecule has 0 atom stereocenters. The molecule has 122 valence electrons. The number of phenols is 1. The molecule has 1 amide bonds. The molecule has 0 radical (unpaired) electrons. The summed E-state index contributed by atoms with van der Waals surface area (Å²) in [5.74, 6) is 0.827. The minimum absolute atomic E-state index is 0.127. The number of rotatable bonds is 5. The smallest absolute Gasteiger partial charge is 0.227 e. The first-order chi connectivity index (χ1) is 11.6. The molecule has 0 aliphatic rings. The van der Waals surface area contributed by atoms with Gasteiger partial charge in [0.15, 0.2) is 0 Å². The molecule has 3 aromatic carbocycles. The molecule has 4 nitrogen and oxygen atoms in total. The van der Waals surface area contributed by atoms with Crippen molar-refractivity contribution in [2.75, 3.05) is 11.9 Å². The molecule has 3 rings (SSSR count). The minimum atomic E-state index is -0.127. The first-order valence-electron chi connectivity index (χ1n) is 7.83. The van der Waals surface area contributed by atoms with Crippen LogP contribution in [0.2, 0.25) is 0 Å². The number of benzene rings is 3. The predicted molar refractivity (Wildman–Crippen MR) is 95.5 cm³/mol. The van der Waals surface area contributed by atoms with Crippen molar-refractivity contribution in [1.29, 1.82) is 0 Å². The summed E-state index contributed by atoms with van der Waals surface area (Å²) in [5, 5.41) is 14.3. The average Bonchev–Trinajstić information content (AvgIpc) is 2.58. The van der Waals surface area contributed by atoms with E-state index in [2.05, 4.69) is 5.32 Å². The van der Waals surface area contributed by atoms with Gasteiger partial charge in [0.25, 0.3) is 0 Å². The maximum absolute atomic E-state index is 12.1. The summed E-state index contributed by atoms with van der Waals surface area (Å²) in [6.45, 7) is 2.32. The number of nitrogens with one attached hydrogen (secondary N) is 1. The topological polar surface area (TPSA) is 58.6 Å². The van der Waals surface area contributed by atoms with Crippen molar-refractivity contribution >= 4 is 22.4 Å². The van der Waals surface area contributed by atoms with Gasteiger partial charge in [-0.2, -0.15) is 0 Å². The third-order valence-electron chi connectivity index (χ3n) is 3.79. The lowest BCUT2D eigenvalue weighted by Crippen LogP contribution is -2.15. The van der Waals surface area contributed by atoms with E-state index in [1.807, 2.05) is 49.4 Å². The van der Waals surface area contributed by atoms with E-state index in [1.54, 1.807) is 18.2 Å². The van der Waals surface area contributed by atoms with Crippen LogP contribution >= 0.6 is 0 Å². The number of fused-ring (bicyclic) bond motifs is 1. The number of hydrogen-bond donors (Lipinski definition) is 2. The Morgan fingerprint density at radius 1 is 1.00 bits per heavy atom. The number of hydrogen-bond acceptors (Lipinski definition) is 3. The number of carbonyl (C=O) groups is 1. The molecular formula is C20H19NO3. The first kappa shape index (κ1) is 15.9. The third-order valence-corrected chi connectivity index (χ3v) is 3.79. The number of aromatic hydroxyl groups is 1. The monoisotopic (exact) mass is 321 g/mol. The molecular weight excluding hydrogens is 302 g/mol. The Hall–Kier alpha value is -3.01. The highest BCUT2D eigenvalue weighted by Crippen LogP contribution is 2.29. The Bertz CT molecular complexity index is 856. The van der Waals surface area contributed by atoms with Gasteiger partial charge in [0, 0.05) is 16.5 Å². The summed E-state index contributed by atoms with van der Waals surface area (Å²) in [7, 11) is 0. The van der Waals surface area contributed by atoms with Crippen molar-refractivity contribution < 1.29 is 14.6 Å². The van der Waals surface area contributed by atoms with E-state index in [0.29, 0.717) is 17.7 Å². The Balaban J connectivity index is 1.61. The SMILES string of the molecule is Cc1ccc(OCCC(=O)Nc2cccc3c(O)cccc23)cc1. The van der Waals surface area contributed by atoms with Crippen LogP contribution in [0.5, 0.6) is 11.5 Å². The van der Waals surface area contributed by atoms with E-state index < -0.39 is 0 Å². The molecule has 0 aliphatic carbocycles. The molecule has 4 heteroatoms. The zero-order valence-corrected chi connectivity index (χ0v) is 13.5. The molecule has 3 aromatic rings. The fourth-order valence-electron chi connectivity index (χ4n) is 2.51. The summed E-state index contributed by atoms with van der Waals surface area (Å²) < 4.78 is 5.58. The van der Waals surface area contributed by atoms with Gasteiger partial charge in [0.05, 0.1) is 13.0 Å². The van der Waals surface area contributed by atoms with E-state index in [-0.39, 0.29) is 18.1 Å². The average molecular weight is 321 g/mol. The van der Waals surface area contributed by atoms with Gasteiger partial charge < -0.3 is 15.2 Å². The Morgan fingerprint density at radius 2 is 1.71 bits per heavy atom. The fourth-order valence-corrected chi connectivity index (χ4v) is 2.51. The quantitative estimate of drug-likeness (QED) is 0.738. The molecule has 0 aromatic heterocycles. The summed E-state index contributed by atoms with van der Waals surface area (Å²) in [6, 6.07) is 18.4. The van der Waals surface area contributed by atoms with Crippen molar-refractivity contribution in [3.8, 4) is 11.5 Å². The predicted octanol–water partition coefficient (Wildman–Crippen LogP) is 4.26. The van der Waals surface area contributed by atoms with Crippen LogP contribution in [0.1, 0.15) is 12.0 Å². The second-order valence-corrected chi connectivity index (χ2v) is 5.64. The van der Waals surface area contributed by atoms with E-state index in [0.717, 1.165) is 11.1 Å². The van der Waals surface area contributed by atoms with Crippen LogP contribution < -0.4 is 10.1 Å². The number of phenolic OH excluding ortho intramolecular Hbond substituents is 1. The second kappa shape index (κ2) is 7.04. The minimum Gasteiger partial charge on any atom is -0.507 e. The summed E-state index contributed by atoms with van der Waals surface area (Å²) in [4.78, 5) is 12.1. The van der Waals surface area contributed by atoms with Gasteiger partial charge >= 0.3 is 0 Å². The van der Waals surface area contributed by atoms with Crippen molar-refractivity contribution in [3.63, 3.8) is 0 Å². The molecule has 0 spiro atoms. The van der Waals surface area contributed by atoms with Crippen LogP contribution in [0.15, 0.2) is 60.7 Å².